The molecule has 0 saturated carbocycles. The molecule has 8 aromatic heterocycles. The number of halogens is 1. The highest BCUT2D eigenvalue weighted by atomic mass is 35.5. The summed E-state index contributed by atoms with van der Waals surface area (Å²) in [6, 6.07) is 28.1. The van der Waals surface area contributed by atoms with Crippen LogP contribution in [0.15, 0.2) is 141 Å². The van der Waals surface area contributed by atoms with Crippen LogP contribution < -0.4 is 16.0 Å². The fourth-order valence-electron chi connectivity index (χ4n) is 12.4. The first-order valence-corrected chi connectivity index (χ1v) is 37.2. The molecular weight excluding hydrogens is 1380 g/mol. The van der Waals surface area contributed by atoms with Crippen LogP contribution in [0.1, 0.15) is 191 Å². The van der Waals surface area contributed by atoms with E-state index in [-0.39, 0.29) is 40.1 Å². The second-order valence-electron chi connectivity index (χ2n) is 31.6. The van der Waals surface area contributed by atoms with Crippen LogP contribution in [0, 0.1) is 20.8 Å². The van der Waals surface area contributed by atoms with Gasteiger partial charge in [0.2, 0.25) is 0 Å². The summed E-state index contributed by atoms with van der Waals surface area (Å²) in [5.74, 6) is 3.07. The van der Waals surface area contributed by atoms with E-state index in [1.165, 1.54) is 18.3 Å². The minimum atomic E-state index is -0.545. The average Bonchev–Trinajstić information content (AvgIpc) is 1.58. The Morgan fingerprint density at radius 3 is 1.27 bits per heavy atom. The monoisotopic (exact) mass is 1480 g/mol. The normalized spacial score (nSPS) is 13.2. The van der Waals surface area contributed by atoms with Gasteiger partial charge in [0.15, 0.2) is 29.0 Å². The summed E-state index contributed by atoms with van der Waals surface area (Å²) >= 11 is 5.94. The number of hydrogen-bond donors (Lipinski definition) is 3. The second kappa shape index (κ2) is 33.5. The summed E-state index contributed by atoms with van der Waals surface area (Å²) in [5.41, 5.74) is 15.2. The Hall–Kier alpha value is -10.9. The summed E-state index contributed by atoms with van der Waals surface area (Å²) in [6.45, 7) is 34.9. The zero-order valence-electron chi connectivity index (χ0n) is 64.7. The number of carbonyl (C=O) groups excluding carboxylic acids is 4. The Morgan fingerprint density at radius 1 is 0.472 bits per heavy atom. The van der Waals surface area contributed by atoms with Gasteiger partial charge in [0.25, 0.3) is 0 Å². The van der Waals surface area contributed by atoms with Crippen LogP contribution in [0.2, 0.25) is 5.15 Å². The van der Waals surface area contributed by atoms with Crippen molar-refractivity contribution in [3.05, 3.63) is 208 Å². The van der Waals surface area contributed by atoms with Gasteiger partial charge >= 0.3 is 6.09 Å². The molecule has 25 nitrogen and oxygen atoms in total. The maximum absolute atomic E-state index is 12.8. The zero-order valence-corrected chi connectivity index (χ0v) is 65.5. The number of aryl methyl sites for hydroxylation is 8. The fraction of sp³-hybridized carbons (Fsp3) is 0.402. The van der Waals surface area contributed by atoms with Crippen molar-refractivity contribution in [3.63, 3.8) is 0 Å². The Kier molecular flexibility index (Phi) is 24.2. The number of amides is 1. The van der Waals surface area contributed by atoms with Gasteiger partial charge in [-0.2, -0.15) is 25.5 Å². The number of benzene rings is 3. The van der Waals surface area contributed by atoms with E-state index in [0.29, 0.717) is 97.5 Å². The topological polar surface area (TPSA) is 283 Å². The highest BCUT2D eigenvalue weighted by Crippen LogP contribution is 2.30. The minimum absolute atomic E-state index is 0.0876. The van der Waals surface area contributed by atoms with E-state index < -0.39 is 5.60 Å². The first-order chi connectivity index (χ1) is 51.2. The molecule has 3 aromatic carbocycles. The summed E-state index contributed by atoms with van der Waals surface area (Å²) < 4.78 is 15.1. The smallest absolute Gasteiger partial charge is 0.410 e. The van der Waals surface area contributed by atoms with Gasteiger partial charge < -0.3 is 25.6 Å². The van der Waals surface area contributed by atoms with Gasteiger partial charge in [-0.05, 0) is 194 Å². The fourth-order valence-corrected chi connectivity index (χ4v) is 12.6. The quantitative estimate of drug-likeness (QED) is 0.0501. The van der Waals surface area contributed by atoms with Crippen molar-refractivity contribution in [1.29, 1.82) is 0 Å². The van der Waals surface area contributed by atoms with Crippen molar-refractivity contribution in [3.8, 4) is 33.8 Å². The standard InChI is InChI=1S/C33H42N8O3.C28H34N8O.C21H23ClN4O/c1-22-15-24(10-9-23(22)11-12-28(42)25-18-36-41(19-25)32(2,3)4)27-17-29(35-21-34-27)37-30-16-26-20-39(13-8-14-40(26)38-30)31(43)44-33(5,6)7;1-19-12-21(7-6-20(19)8-9-25(37)22-15-32-36(17-22)28(2,3)4)24-14-26(31-18-30-24)33-27-13-23-16-29-10-5-11-35(23)34-27;1-14-9-16(18-10-20(22)24-13-23-18)6-5-15(14)7-8-19(27)17-11-25-26(12-17)21(2,3)4/h9-10,15-19,21H,8,11-14,20H2,1-7H3,(H,34,35,37,38);6-7,12-15,17-18,29H,5,8-11,16H2,1-4H3,(H,30,31,33,34);5-6,9-13H,7-8H2,1-4H3. The molecule has 564 valence electrons. The lowest BCUT2D eigenvalue weighted by Gasteiger charge is -2.26. The largest absolute Gasteiger partial charge is 0.444 e. The SMILES string of the molecule is Cc1cc(-c2cc(Cl)ncn2)ccc1CCC(=O)c1cnn(C(C)(C)C)c1.Cc1cc(-c2cc(Nc3cc4n(n3)CCCN(C(=O)OC(C)(C)C)C4)ncn2)ccc1CCC(=O)c1cnn(C(C)(C)C)c1.Cc1cc(-c2cc(Nc3cc4n(n3)CCCNC4)ncn2)ccc1CCC(=O)c1cnn(C(C)(C)C)c1. The number of nitrogens with one attached hydrogen (secondary N) is 3. The molecule has 0 spiro atoms. The second-order valence-corrected chi connectivity index (χ2v) is 31.9. The Balaban J connectivity index is 0.000000166. The molecule has 3 N–H and O–H groups in total. The molecule has 0 fully saturated rings. The van der Waals surface area contributed by atoms with Crippen molar-refractivity contribution in [2.24, 2.45) is 0 Å². The van der Waals surface area contributed by atoms with Crippen LogP contribution in [0.5, 0.6) is 0 Å². The number of Topliss-reactive ketones (excluding diaryl/α,β-unsaturated/α-hetero) is 3. The first-order valence-electron chi connectivity index (χ1n) is 36.8. The molecule has 1 amide bonds. The van der Waals surface area contributed by atoms with Crippen molar-refractivity contribution in [1.82, 2.24) is 89.0 Å². The van der Waals surface area contributed by atoms with E-state index >= 15 is 0 Å². The number of carbonyl (C=O) groups is 4. The molecule has 0 atom stereocenters. The van der Waals surface area contributed by atoms with Gasteiger partial charge in [-0.25, -0.2) is 34.7 Å². The maximum Gasteiger partial charge on any atom is 0.410 e. The molecule has 26 heteroatoms. The summed E-state index contributed by atoms with van der Waals surface area (Å²) in [5, 5.41) is 32.8. The number of anilines is 4. The highest BCUT2D eigenvalue weighted by molar-refractivity contribution is 6.29. The van der Waals surface area contributed by atoms with Gasteiger partial charge in [-0.1, -0.05) is 48.0 Å². The third-order valence-corrected chi connectivity index (χ3v) is 18.8. The van der Waals surface area contributed by atoms with E-state index in [0.717, 1.165) is 111 Å². The number of rotatable bonds is 19. The molecular formula is C82H99ClN20O5. The van der Waals surface area contributed by atoms with E-state index in [9.17, 15) is 19.2 Å². The molecule has 108 heavy (non-hydrogen) atoms. The molecule has 0 radical (unpaired) electrons. The summed E-state index contributed by atoms with van der Waals surface area (Å²) in [4.78, 5) is 78.4. The van der Waals surface area contributed by atoms with Gasteiger partial charge in [0, 0.05) is 111 Å². The lowest BCUT2D eigenvalue weighted by molar-refractivity contribution is 0.0236. The minimum Gasteiger partial charge on any atom is -0.444 e. The molecule has 0 aliphatic carbocycles. The predicted molar refractivity (Wildman–Crippen MR) is 420 cm³/mol. The van der Waals surface area contributed by atoms with Crippen LogP contribution in [0.25, 0.3) is 33.8 Å². The molecule has 11 aromatic rings. The molecule has 2 aliphatic rings. The molecule has 0 bridgehead atoms. The summed E-state index contributed by atoms with van der Waals surface area (Å²) in [7, 11) is 0. The average molecular weight is 1480 g/mol. The number of ketones is 3. The van der Waals surface area contributed by atoms with Gasteiger partial charge in [-0.15, -0.1) is 0 Å². The van der Waals surface area contributed by atoms with Crippen LogP contribution in [-0.2, 0) is 66.8 Å². The number of aromatic nitrogens is 16. The number of ether oxygens (including phenoxy) is 1. The third kappa shape index (κ3) is 20.8. The van der Waals surface area contributed by atoms with E-state index in [1.54, 1.807) is 35.9 Å². The Bertz CT molecular complexity index is 4990. The van der Waals surface area contributed by atoms with Crippen LogP contribution >= 0.6 is 11.6 Å². The molecule has 0 saturated heterocycles. The van der Waals surface area contributed by atoms with Crippen molar-refractivity contribution < 1.29 is 23.9 Å². The number of fused-ring (bicyclic) bond motifs is 2. The maximum atomic E-state index is 12.8. The molecule has 0 unspecified atom stereocenters. The van der Waals surface area contributed by atoms with Crippen molar-refractivity contribution in [2.75, 3.05) is 23.7 Å². The lowest BCUT2D eigenvalue weighted by Crippen LogP contribution is -2.36. The van der Waals surface area contributed by atoms with Crippen LogP contribution in [-0.4, -0.2) is 126 Å². The summed E-state index contributed by atoms with van der Waals surface area (Å²) in [6.07, 6.45) is 19.9. The third-order valence-electron chi connectivity index (χ3n) is 18.6. The van der Waals surface area contributed by atoms with E-state index in [2.05, 4.69) is 185 Å². The predicted octanol–water partition coefficient (Wildman–Crippen LogP) is 15.8. The van der Waals surface area contributed by atoms with Crippen LogP contribution in [0.4, 0.5) is 28.1 Å². The van der Waals surface area contributed by atoms with E-state index in [4.69, 9.17) is 21.4 Å². The van der Waals surface area contributed by atoms with Crippen molar-refractivity contribution >= 4 is 58.3 Å². The van der Waals surface area contributed by atoms with Gasteiger partial charge in [-0.3, -0.25) is 37.8 Å². The van der Waals surface area contributed by atoms with E-state index in [1.807, 2.05) is 106 Å². The molecule has 13 rings (SSSR count). The van der Waals surface area contributed by atoms with Gasteiger partial charge in [0.1, 0.15) is 41.4 Å². The first kappa shape index (κ1) is 78.2. The molecule has 2 aliphatic heterocycles. The molecule has 10 heterocycles. The van der Waals surface area contributed by atoms with Gasteiger partial charge in [0.05, 0.1) is 86.9 Å². The Morgan fingerprint density at radius 2 is 0.870 bits per heavy atom. The van der Waals surface area contributed by atoms with Crippen molar-refractivity contribution in [2.45, 2.75) is 204 Å². The zero-order chi connectivity index (χ0) is 77.2. The number of nitrogens with zero attached hydrogens (tertiary/aromatic N) is 17. The highest BCUT2D eigenvalue weighted by Gasteiger charge is 2.27. The number of hydrogen-bond acceptors (Lipinski definition) is 19. The lowest BCUT2D eigenvalue weighted by atomic mass is 9.98. The Labute approximate surface area is 636 Å². The van der Waals surface area contributed by atoms with Crippen LogP contribution in [0.3, 0.4) is 0 Å².